The molecule has 146 valence electrons. The third kappa shape index (κ3) is 7.46. The van der Waals surface area contributed by atoms with Crippen LogP contribution < -0.4 is 20.1 Å². The van der Waals surface area contributed by atoms with Gasteiger partial charge in [-0.1, -0.05) is 36.9 Å². The predicted octanol–water partition coefficient (Wildman–Crippen LogP) is 3.53. The van der Waals surface area contributed by atoms with Crippen molar-refractivity contribution in [2.24, 2.45) is 4.99 Å². The van der Waals surface area contributed by atoms with Crippen LogP contribution in [0.2, 0.25) is 0 Å². The van der Waals surface area contributed by atoms with Crippen LogP contribution in [-0.2, 0) is 13.1 Å². The van der Waals surface area contributed by atoms with Crippen LogP contribution in [0.15, 0.2) is 60.2 Å². The molecule has 0 fully saturated rings. The minimum Gasteiger partial charge on any atom is -0.489 e. The number of hydrogen-bond acceptors (Lipinski definition) is 4. The zero-order valence-corrected chi connectivity index (χ0v) is 18.1. The summed E-state index contributed by atoms with van der Waals surface area (Å²) in [6, 6.07) is 11.8. The average Bonchev–Trinajstić information content (AvgIpc) is 2.69. The quantitative estimate of drug-likeness (QED) is 0.248. The number of guanidine groups is 1. The molecular weight excluding hydrogens is 455 g/mol. The highest BCUT2D eigenvalue weighted by Crippen LogP contribution is 2.18. The van der Waals surface area contributed by atoms with Crippen molar-refractivity contribution in [3.8, 4) is 11.6 Å². The van der Waals surface area contributed by atoms with Gasteiger partial charge in [0.2, 0.25) is 5.88 Å². The molecule has 0 radical (unpaired) electrons. The highest BCUT2D eigenvalue weighted by Gasteiger charge is 2.06. The Kier molecular flexibility index (Phi) is 10.9. The van der Waals surface area contributed by atoms with Crippen LogP contribution in [0.3, 0.4) is 0 Å². The fourth-order valence-electron chi connectivity index (χ4n) is 2.35. The van der Waals surface area contributed by atoms with Gasteiger partial charge in [-0.2, -0.15) is 0 Å². The molecule has 0 spiro atoms. The number of ether oxygens (including phenoxy) is 2. The van der Waals surface area contributed by atoms with E-state index in [0.717, 1.165) is 29.4 Å². The van der Waals surface area contributed by atoms with Crippen LogP contribution in [0, 0.1) is 0 Å². The number of benzene rings is 1. The standard InChI is InChI=1S/C20H26N4O2.HI/c1-4-13-26-18-11-7-6-9-16(18)14-23-20(21-5-2)24-15-17-10-8-12-22-19(17)25-3;/h4,6-12H,1,5,13-15H2,2-3H3,(H2,21,23,24);1H. The molecule has 2 N–H and O–H groups in total. The topological polar surface area (TPSA) is 67.8 Å². The minimum absolute atomic E-state index is 0. The summed E-state index contributed by atoms with van der Waals surface area (Å²) in [4.78, 5) is 8.81. The van der Waals surface area contributed by atoms with Crippen LogP contribution in [0.25, 0.3) is 0 Å². The van der Waals surface area contributed by atoms with E-state index in [-0.39, 0.29) is 24.0 Å². The highest BCUT2D eigenvalue weighted by atomic mass is 127. The van der Waals surface area contributed by atoms with Gasteiger partial charge in [0.1, 0.15) is 12.4 Å². The van der Waals surface area contributed by atoms with Gasteiger partial charge in [0, 0.05) is 30.4 Å². The first kappa shape index (κ1) is 22.8. The number of aromatic nitrogens is 1. The largest absolute Gasteiger partial charge is 0.489 e. The Bertz CT molecular complexity index is 737. The first-order chi connectivity index (χ1) is 12.8. The minimum atomic E-state index is 0. The van der Waals surface area contributed by atoms with E-state index in [4.69, 9.17) is 9.47 Å². The van der Waals surface area contributed by atoms with Crippen molar-refractivity contribution < 1.29 is 9.47 Å². The molecule has 1 aromatic carbocycles. The van der Waals surface area contributed by atoms with Gasteiger partial charge >= 0.3 is 0 Å². The average molecular weight is 482 g/mol. The van der Waals surface area contributed by atoms with Gasteiger partial charge in [0.15, 0.2) is 5.96 Å². The van der Waals surface area contributed by atoms with Crippen LogP contribution in [0.5, 0.6) is 11.6 Å². The second-order valence-electron chi connectivity index (χ2n) is 5.43. The lowest BCUT2D eigenvalue weighted by atomic mass is 10.2. The van der Waals surface area contributed by atoms with Gasteiger partial charge in [0.25, 0.3) is 0 Å². The van der Waals surface area contributed by atoms with E-state index in [0.29, 0.717) is 25.6 Å². The molecule has 0 atom stereocenters. The summed E-state index contributed by atoms with van der Waals surface area (Å²) in [5.74, 6) is 2.15. The van der Waals surface area contributed by atoms with E-state index in [9.17, 15) is 0 Å². The molecule has 0 aliphatic heterocycles. The van der Waals surface area contributed by atoms with Crippen molar-refractivity contribution in [2.45, 2.75) is 20.0 Å². The van der Waals surface area contributed by atoms with Gasteiger partial charge in [-0.15, -0.1) is 24.0 Å². The number of rotatable bonds is 9. The van der Waals surface area contributed by atoms with Crippen LogP contribution in [-0.4, -0.2) is 31.2 Å². The summed E-state index contributed by atoms with van der Waals surface area (Å²) in [7, 11) is 1.61. The predicted molar refractivity (Wildman–Crippen MR) is 120 cm³/mol. The van der Waals surface area contributed by atoms with Crippen LogP contribution in [0.1, 0.15) is 18.1 Å². The smallest absolute Gasteiger partial charge is 0.218 e. The third-order valence-corrected chi connectivity index (χ3v) is 3.57. The van der Waals surface area contributed by atoms with Crippen molar-refractivity contribution in [2.75, 3.05) is 20.3 Å². The monoisotopic (exact) mass is 482 g/mol. The highest BCUT2D eigenvalue weighted by molar-refractivity contribution is 14.0. The second-order valence-corrected chi connectivity index (χ2v) is 5.43. The Balaban J connectivity index is 0.00000364. The van der Waals surface area contributed by atoms with Crippen molar-refractivity contribution >= 4 is 29.9 Å². The van der Waals surface area contributed by atoms with Crippen molar-refractivity contribution in [3.63, 3.8) is 0 Å². The number of nitrogens with one attached hydrogen (secondary N) is 2. The van der Waals surface area contributed by atoms with Crippen molar-refractivity contribution in [1.29, 1.82) is 0 Å². The zero-order chi connectivity index (χ0) is 18.6. The van der Waals surface area contributed by atoms with Gasteiger partial charge < -0.3 is 20.1 Å². The SMILES string of the molecule is C=CCOc1ccccc1CNC(=NCc1cccnc1OC)NCC.I. The molecule has 6 nitrogen and oxygen atoms in total. The zero-order valence-electron chi connectivity index (χ0n) is 15.8. The number of halogens is 1. The summed E-state index contributed by atoms with van der Waals surface area (Å²) in [5.41, 5.74) is 1.99. The number of pyridine rings is 1. The molecule has 0 bridgehead atoms. The van der Waals surface area contributed by atoms with Crippen LogP contribution >= 0.6 is 24.0 Å². The number of methoxy groups -OCH3 is 1. The molecule has 0 unspecified atom stereocenters. The molecule has 0 saturated heterocycles. The maximum absolute atomic E-state index is 5.70. The lowest BCUT2D eigenvalue weighted by Crippen LogP contribution is -2.36. The first-order valence-electron chi connectivity index (χ1n) is 8.60. The summed E-state index contributed by atoms with van der Waals surface area (Å²) < 4.78 is 11.0. The first-order valence-corrected chi connectivity index (χ1v) is 8.60. The van der Waals surface area contributed by atoms with Gasteiger partial charge in [0.05, 0.1) is 13.7 Å². The Hall–Kier alpha value is -2.29. The summed E-state index contributed by atoms with van der Waals surface area (Å²) in [5, 5.41) is 6.58. The van der Waals surface area contributed by atoms with E-state index in [1.807, 2.05) is 43.3 Å². The molecule has 0 aliphatic rings. The summed E-state index contributed by atoms with van der Waals surface area (Å²) in [6.07, 6.45) is 3.44. The third-order valence-electron chi connectivity index (χ3n) is 3.57. The van der Waals surface area contributed by atoms with Gasteiger partial charge in [-0.25, -0.2) is 9.98 Å². The van der Waals surface area contributed by atoms with E-state index >= 15 is 0 Å². The van der Waals surface area contributed by atoms with E-state index in [1.54, 1.807) is 19.4 Å². The maximum atomic E-state index is 5.70. The molecule has 0 saturated carbocycles. The molecule has 0 amide bonds. The van der Waals surface area contributed by atoms with E-state index < -0.39 is 0 Å². The molecule has 2 rings (SSSR count). The molecule has 1 aromatic heterocycles. The molecule has 27 heavy (non-hydrogen) atoms. The number of aliphatic imine (C=N–C) groups is 1. The van der Waals surface area contributed by atoms with Crippen molar-refractivity contribution in [1.82, 2.24) is 15.6 Å². The van der Waals surface area contributed by atoms with Gasteiger partial charge in [-0.3, -0.25) is 0 Å². The number of para-hydroxylation sites is 1. The van der Waals surface area contributed by atoms with Gasteiger partial charge in [-0.05, 0) is 19.1 Å². The second kappa shape index (κ2) is 13.0. The lowest BCUT2D eigenvalue weighted by molar-refractivity contribution is 0.358. The van der Waals surface area contributed by atoms with E-state index in [1.165, 1.54) is 0 Å². The fraction of sp³-hybridized carbons (Fsp3) is 0.300. The number of nitrogens with zero attached hydrogens (tertiary/aromatic N) is 2. The van der Waals surface area contributed by atoms with Crippen LogP contribution in [0.4, 0.5) is 0 Å². The Morgan fingerprint density at radius 3 is 2.70 bits per heavy atom. The Morgan fingerprint density at radius 1 is 1.19 bits per heavy atom. The van der Waals surface area contributed by atoms with E-state index in [2.05, 4.69) is 27.2 Å². The van der Waals surface area contributed by atoms with Crippen molar-refractivity contribution in [3.05, 3.63) is 66.4 Å². The number of hydrogen-bond donors (Lipinski definition) is 2. The summed E-state index contributed by atoms with van der Waals surface area (Å²) in [6.45, 7) is 8.04. The lowest BCUT2D eigenvalue weighted by Gasteiger charge is -2.14. The molecule has 2 aromatic rings. The maximum Gasteiger partial charge on any atom is 0.218 e. The fourth-order valence-corrected chi connectivity index (χ4v) is 2.35. The Labute approximate surface area is 178 Å². The molecule has 1 heterocycles. The molecule has 0 aliphatic carbocycles. The molecule has 7 heteroatoms. The summed E-state index contributed by atoms with van der Waals surface area (Å²) >= 11 is 0. The normalized spacial score (nSPS) is 10.5. The Morgan fingerprint density at radius 2 is 1.96 bits per heavy atom. The molecular formula is C20H27IN4O2.